The Kier molecular flexibility index (Phi) is 5.28. The van der Waals surface area contributed by atoms with Gasteiger partial charge in [0, 0.05) is 41.6 Å². The van der Waals surface area contributed by atoms with E-state index in [4.69, 9.17) is 21.4 Å². The van der Waals surface area contributed by atoms with Crippen molar-refractivity contribution in [3.05, 3.63) is 75.3 Å². The molecule has 1 fully saturated rings. The Hall–Kier alpha value is -2.54. The largest absolute Gasteiger partial charge is 0.369 e. The monoisotopic (exact) mass is 440 g/mol. The minimum Gasteiger partial charge on any atom is -0.369 e. The van der Waals surface area contributed by atoms with Gasteiger partial charge in [-0.05, 0) is 52.0 Å². The maximum atomic E-state index is 12.0. The first-order valence-corrected chi connectivity index (χ1v) is 10.8. The van der Waals surface area contributed by atoms with Crippen molar-refractivity contribution in [1.29, 1.82) is 0 Å². The number of nitro benzene ring substituents is 1. The van der Waals surface area contributed by atoms with Crippen LogP contribution in [0.5, 0.6) is 0 Å². The summed E-state index contributed by atoms with van der Waals surface area (Å²) in [6.07, 6.45) is 5.11. The van der Waals surface area contributed by atoms with Crippen molar-refractivity contribution in [2.45, 2.75) is 57.8 Å². The van der Waals surface area contributed by atoms with E-state index < -0.39 is 11.2 Å². The topological polar surface area (TPSA) is 64.7 Å². The van der Waals surface area contributed by atoms with E-state index in [9.17, 15) is 10.1 Å². The molecule has 2 aromatic rings. The second-order valence-corrected chi connectivity index (χ2v) is 9.87. The molecule has 0 N–H and O–H groups in total. The first-order valence-electron chi connectivity index (χ1n) is 10.4. The number of nitro groups is 1. The molecule has 1 atom stereocenters. The summed E-state index contributed by atoms with van der Waals surface area (Å²) < 4.78 is 6.37. The molecular weight excluding hydrogens is 414 g/mol. The summed E-state index contributed by atoms with van der Waals surface area (Å²) in [7, 11) is 0. The number of allylic oxidation sites excluding steroid dienone is 1. The van der Waals surface area contributed by atoms with Crippen LogP contribution in [0.15, 0.2) is 59.7 Å². The highest BCUT2D eigenvalue weighted by molar-refractivity contribution is 6.30. The molecule has 0 aromatic heterocycles. The molecule has 7 heteroatoms. The highest BCUT2D eigenvalue weighted by Crippen LogP contribution is 2.50. The van der Waals surface area contributed by atoms with Crippen LogP contribution in [0, 0.1) is 10.1 Å². The molecule has 2 aromatic carbocycles. The number of benzene rings is 2. The predicted molar refractivity (Wildman–Crippen MR) is 125 cm³/mol. The molecule has 0 saturated carbocycles. The number of rotatable bonds is 4. The first-order chi connectivity index (χ1) is 14.5. The molecule has 0 spiro atoms. The Labute approximate surface area is 187 Å². The average molecular weight is 441 g/mol. The Bertz CT molecular complexity index is 1060. The predicted octanol–water partition coefficient (Wildman–Crippen LogP) is 6.33. The number of para-hydroxylation sites is 2. The van der Waals surface area contributed by atoms with E-state index in [1.807, 2.05) is 42.5 Å². The standard InChI is InChI=1S/C24H27ClN3O3/c1-23(2)15-19(16-24(3,4)31-23)28(22-8-6-5-7-20(22)27(29)30)21(13-14-26-28)17-9-11-18(25)12-10-17/h5-14,19H,15-16H2,1-4H3/q+1. The minimum absolute atomic E-state index is 0.0367. The van der Waals surface area contributed by atoms with Gasteiger partial charge in [0.1, 0.15) is 6.04 Å². The quantitative estimate of drug-likeness (QED) is 0.317. The molecule has 2 heterocycles. The van der Waals surface area contributed by atoms with Crippen LogP contribution in [-0.2, 0) is 4.74 Å². The number of ether oxygens (including phenoxy) is 1. The molecule has 31 heavy (non-hydrogen) atoms. The molecule has 0 aliphatic carbocycles. The van der Waals surface area contributed by atoms with Crippen molar-refractivity contribution >= 4 is 34.9 Å². The van der Waals surface area contributed by atoms with Crippen LogP contribution in [0.2, 0.25) is 5.02 Å². The lowest BCUT2D eigenvalue weighted by atomic mass is 9.83. The van der Waals surface area contributed by atoms with E-state index in [1.165, 1.54) is 0 Å². The molecule has 162 valence electrons. The van der Waals surface area contributed by atoms with Crippen LogP contribution >= 0.6 is 11.6 Å². The fourth-order valence-corrected chi connectivity index (χ4v) is 5.31. The van der Waals surface area contributed by atoms with Crippen molar-refractivity contribution in [2.75, 3.05) is 0 Å². The van der Waals surface area contributed by atoms with E-state index in [0.717, 1.165) is 11.3 Å². The van der Waals surface area contributed by atoms with Crippen LogP contribution < -0.4 is 4.59 Å². The van der Waals surface area contributed by atoms with Crippen LogP contribution in [0.25, 0.3) is 5.70 Å². The van der Waals surface area contributed by atoms with Crippen LogP contribution in [0.3, 0.4) is 0 Å². The number of nitrogens with zero attached hydrogens (tertiary/aromatic N) is 3. The summed E-state index contributed by atoms with van der Waals surface area (Å²) in [6, 6.07) is 14.4. The van der Waals surface area contributed by atoms with Gasteiger partial charge in [-0.3, -0.25) is 10.1 Å². The van der Waals surface area contributed by atoms with Gasteiger partial charge in [0.15, 0.2) is 5.70 Å². The molecule has 2 aliphatic rings. The Morgan fingerprint density at radius 2 is 1.68 bits per heavy atom. The average Bonchev–Trinajstić information content (AvgIpc) is 3.12. The van der Waals surface area contributed by atoms with Gasteiger partial charge in [-0.15, -0.1) is 4.59 Å². The summed E-state index contributed by atoms with van der Waals surface area (Å²) >= 11 is 6.14. The van der Waals surface area contributed by atoms with Crippen molar-refractivity contribution < 1.29 is 9.66 Å². The zero-order valence-corrected chi connectivity index (χ0v) is 19.0. The first kappa shape index (κ1) is 21.7. The fourth-order valence-electron chi connectivity index (χ4n) is 5.19. The van der Waals surface area contributed by atoms with Crippen LogP contribution in [-0.4, -0.2) is 28.4 Å². The van der Waals surface area contributed by atoms with Crippen molar-refractivity contribution in [3.8, 4) is 0 Å². The van der Waals surface area contributed by atoms with Crippen molar-refractivity contribution in [3.63, 3.8) is 0 Å². The van der Waals surface area contributed by atoms with Crippen molar-refractivity contribution in [1.82, 2.24) is 4.59 Å². The molecule has 0 amide bonds. The van der Waals surface area contributed by atoms with Gasteiger partial charge in [-0.25, -0.2) is 0 Å². The maximum absolute atomic E-state index is 12.0. The van der Waals surface area contributed by atoms with Gasteiger partial charge >= 0.3 is 5.69 Å². The molecule has 1 unspecified atom stereocenters. The zero-order chi connectivity index (χ0) is 22.4. The lowest BCUT2D eigenvalue weighted by Gasteiger charge is -2.49. The van der Waals surface area contributed by atoms with Gasteiger partial charge in [0.05, 0.1) is 22.3 Å². The Balaban J connectivity index is 1.97. The molecular formula is C24H27ClN3O3+. The third kappa shape index (κ3) is 3.91. The van der Waals surface area contributed by atoms with Gasteiger partial charge in [-0.2, -0.15) is 0 Å². The zero-order valence-electron chi connectivity index (χ0n) is 18.2. The highest BCUT2D eigenvalue weighted by Gasteiger charge is 2.56. The normalized spacial score (nSPS) is 24.7. The van der Waals surface area contributed by atoms with Crippen molar-refractivity contribution in [2.24, 2.45) is 5.10 Å². The van der Waals surface area contributed by atoms with E-state index >= 15 is 0 Å². The van der Waals surface area contributed by atoms with Gasteiger partial charge in [-0.1, -0.05) is 28.8 Å². The lowest BCUT2D eigenvalue weighted by molar-refractivity contribution is -0.384. The van der Waals surface area contributed by atoms with Gasteiger partial charge in [0.2, 0.25) is 5.69 Å². The molecule has 2 aliphatic heterocycles. The van der Waals surface area contributed by atoms with E-state index in [0.29, 0.717) is 23.6 Å². The Morgan fingerprint density at radius 3 is 2.29 bits per heavy atom. The number of hydrogen-bond donors (Lipinski definition) is 0. The SMILES string of the molecule is CC1(C)CC([N+]2(c3ccccc3[N+](=O)[O-])N=CC=C2c2ccc(Cl)cc2)CC(C)(C)O1. The number of hydrogen-bond acceptors (Lipinski definition) is 4. The molecule has 0 radical (unpaired) electrons. The van der Waals surface area contributed by atoms with E-state index in [-0.39, 0.29) is 21.2 Å². The molecule has 0 bridgehead atoms. The Morgan fingerprint density at radius 1 is 1.06 bits per heavy atom. The highest BCUT2D eigenvalue weighted by atomic mass is 35.5. The van der Waals surface area contributed by atoms with E-state index in [2.05, 4.69) is 27.7 Å². The minimum atomic E-state index is -0.398. The summed E-state index contributed by atoms with van der Waals surface area (Å²) in [5, 5.41) is 17.6. The summed E-state index contributed by atoms with van der Waals surface area (Å²) in [4.78, 5) is 11.7. The molecule has 4 rings (SSSR count). The second kappa shape index (κ2) is 7.55. The van der Waals surface area contributed by atoms with Crippen LogP contribution in [0.1, 0.15) is 46.1 Å². The summed E-state index contributed by atoms with van der Waals surface area (Å²) in [5.74, 6) is 0. The number of halogens is 1. The second-order valence-electron chi connectivity index (χ2n) is 9.44. The summed E-state index contributed by atoms with van der Waals surface area (Å²) in [5.41, 5.74) is 1.64. The lowest BCUT2D eigenvalue weighted by Crippen LogP contribution is -2.59. The van der Waals surface area contributed by atoms with Crippen LogP contribution in [0.4, 0.5) is 11.4 Å². The molecule has 6 nitrogen and oxygen atoms in total. The third-order valence-electron chi connectivity index (χ3n) is 5.97. The smallest absolute Gasteiger partial charge is 0.332 e. The third-order valence-corrected chi connectivity index (χ3v) is 6.22. The molecule has 1 saturated heterocycles. The maximum Gasteiger partial charge on any atom is 0.332 e. The fraction of sp³-hybridized carbons (Fsp3) is 0.375. The number of quaternary nitrogens is 1. The van der Waals surface area contributed by atoms with Gasteiger partial charge < -0.3 is 4.74 Å². The van der Waals surface area contributed by atoms with E-state index in [1.54, 1.807) is 18.3 Å². The summed E-state index contributed by atoms with van der Waals surface area (Å²) in [6.45, 7) is 8.29. The van der Waals surface area contributed by atoms with Gasteiger partial charge in [0.25, 0.3) is 0 Å².